The summed E-state index contributed by atoms with van der Waals surface area (Å²) in [4.78, 5) is 24.3. The van der Waals surface area contributed by atoms with Gasteiger partial charge in [-0.25, -0.2) is 4.79 Å². The maximum absolute atomic E-state index is 11.3. The van der Waals surface area contributed by atoms with Gasteiger partial charge in [0.25, 0.3) is 5.56 Å². The van der Waals surface area contributed by atoms with Crippen LogP contribution in [0.2, 0.25) is 0 Å². The summed E-state index contributed by atoms with van der Waals surface area (Å²) in [6.07, 6.45) is 1.75. The molecule has 5 nitrogen and oxygen atoms in total. The number of hydrogen-bond acceptors (Lipinski definition) is 3. The van der Waals surface area contributed by atoms with E-state index in [2.05, 4.69) is 11.9 Å². The van der Waals surface area contributed by atoms with Gasteiger partial charge in [0.15, 0.2) is 0 Å². The Morgan fingerprint density at radius 2 is 2.14 bits per heavy atom. The van der Waals surface area contributed by atoms with Crippen LogP contribution in [-0.2, 0) is 0 Å². The fraction of sp³-hybridized carbons (Fsp3) is 0.556. The lowest BCUT2D eigenvalue weighted by molar-refractivity contribution is 0.192. The molecule has 1 aromatic heterocycles. The van der Waals surface area contributed by atoms with Gasteiger partial charge in [-0.1, -0.05) is 6.92 Å². The maximum atomic E-state index is 11.3. The van der Waals surface area contributed by atoms with Gasteiger partial charge in [-0.15, -0.1) is 0 Å². The minimum absolute atomic E-state index is 0.0364. The SMILES string of the molecule is CC1CC(n2c(O)cc(=O)[nH]c2=O)C1. The number of H-pyrrole nitrogens is 1. The number of hydrogen-bond donors (Lipinski definition) is 2. The predicted octanol–water partition coefficient (Wildman–Crippen LogP) is 0.213. The average molecular weight is 196 g/mol. The summed E-state index contributed by atoms with van der Waals surface area (Å²) in [7, 11) is 0. The topological polar surface area (TPSA) is 75.1 Å². The Balaban J connectivity index is 2.43. The highest BCUT2D eigenvalue weighted by molar-refractivity contribution is 5.08. The van der Waals surface area contributed by atoms with Crippen molar-refractivity contribution in [2.24, 2.45) is 5.92 Å². The lowest BCUT2D eigenvalue weighted by Gasteiger charge is -2.33. The van der Waals surface area contributed by atoms with Crippen LogP contribution in [0.5, 0.6) is 5.88 Å². The summed E-state index contributed by atoms with van der Waals surface area (Å²) >= 11 is 0. The fourth-order valence-corrected chi connectivity index (χ4v) is 1.92. The zero-order chi connectivity index (χ0) is 10.3. The minimum Gasteiger partial charge on any atom is -0.494 e. The summed E-state index contributed by atoms with van der Waals surface area (Å²) in [5, 5.41) is 9.44. The molecule has 1 aromatic rings. The predicted molar refractivity (Wildman–Crippen MR) is 50.4 cm³/mol. The van der Waals surface area contributed by atoms with Gasteiger partial charge in [-0.3, -0.25) is 14.3 Å². The molecule has 1 aliphatic carbocycles. The quantitative estimate of drug-likeness (QED) is 0.674. The second kappa shape index (κ2) is 3.01. The van der Waals surface area contributed by atoms with E-state index in [9.17, 15) is 14.7 Å². The van der Waals surface area contributed by atoms with Crippen molar-refractivity contribution in [3.05, 3.63) is 26.9 Å². The molecule has 0 atom stereocenters. The standard InChI is InChI=1S/C9H12N2O3/c1-5-2-6(3-5)11-8(13)4-7(12)10-9(11)14/h4-6,13H,2-3H2,1H3,(H,10,12,14). The molecule has 0 aromatic carbocycles. The van der Waals surface area contributed by atoms with Gasteiger partial charge >= 0.3 is 5.69 Å². The molecule has 76 valence electrons. The van der Waals surface area contributed by atoms with E-state index in [-0.39, 0.29) is 11.9 Å². The smallest absolute Gasteiger partial charge is 0.331 e. The van der Waals surface area contributed by atoms with Crippen LogP contribution in [0.15, 0.2) is 15.7 Å². The van der Waals surface area contributed by atoms with E-state index in [1.54, 1.807) is 0 Å². The first-order valence-corrected chi connectivity index (χ1v) is 4.62. The Kier molecular flexibility index (Phi) is 1.94. The van der Waals surface area contributed by atoms with Crippen molar-refractivity contribution in [3.63, 3.8) is 0 Å². The number of rotatable bonds is 1. The molecular formula is C9H12N2O3. The van der Waals surface area contributed by atoms with E-state index in [1.165, 1.54) is 4.57 Å². The van der Waals surface area contributed by atoms with Crippen LogP contribution in [-0.4, -0.2) is 14.7 Å². The lowest BCUT2D eigenvalue weighted by atomic mass is 9.82. The molecule has 0 saturated heterocycles. The first kappa shape index (κ1) is 9.05. The zero-order valence-electron chi connectivity index (χ0n) is 7.86. The zero-order valence-corrected chi connectivity index (χ0v) is 7.86. The molecule has 0 bridgehead atoms. The molecule has 14 heavy (non-hydrogen) atoms. The summed E-state index contributed by atoms with van der Waals surface area (Å²) in [6, 6.07) is 1.07. The van der Waals surface area contributed by atoms with Crippen molar-refractivity contribution in [3.8, 4) is 5.88 Å². The molecule has 2 N–H and O–H groups in total. The van der Waals surface area contributed by atoms with Crippen molar-refractivity contribution >= 4 is 0 Å². The molecule has 1 saturated carbocycles. The van der Waals surface area contributed by atoms with E-state index < -0.39 is 11.2 Å². The molecule has 2 rings (SSSR count). The van der Waals surface area contributed by atoms with Crippen LogP contribution in [0.1, 0.15) is 25.8 Å². The molecule has 5 heteroatoms. The van der Waals surface area contributed by atoms with Crippen molar-refractivity contribution in [2.45, 2.75) is 25.8 Å². The van der Waals surface area contributed by atoms with E-state index >= 15 is 0 Å². The molecule has 0 amide bonds. The molecule has 1 fully saturated rings. The Morgan fingerprint density at radius 1 is 1.50 bits per heavy atom. The van der Waals surface area contributed by atoms with Crippen LogP contribution < -0.4 is 11.2 Å². The Morgan fingerprint density at radius 3 is 2.64 bits per heavy atom. The number of aromatic nitrogens is 2. The summed E-state index contributed by atoms with van der Waals surface area (Å²) in [5.41, 5.74) is -1.08. The second-order valence-corrected chi connectivity index (χ2v) is 3.90. The van der Waals surface area contributed by atoms with Gasteiger partial charge in [-0.05, 0) is 18.8 Å². The maximum Gasteiger partial charge on any atom is 0.331 e. The van der Waals surface area contributed by atoms with Crippen molar-refractivity contribution in [2.75, 3.05) is 0 Å². The Bertz CT molecular complexity index is 454. The van der Waals surface area contributed by atoms with E-state index in [4.69, 9.17) is 0 Å². The number of aromatic amines is 1. The third-order valence-electron chi connectivity index (χ3n) is 2.67. The summed E-state index contributed by atoms with van der Waals surface area (Å²) in [6.45, 7) is 2.09. The molecule has 0 spiro atoms. The van der Waals surface area contributed by atoms with Crippen LogP contribution in [0.25, 0.3) is 0 Å². The van der Waals surface area contributed by atoms with Gasteiger partial charge in [0, 0.05) is 6.04 Å². The summed E-state index contributed by atoms with van der Waals surface area (Å²) in [5.74, 6) is 0.342. The second-order valence-electron chi connectivity index (χ2n) is 3.90. The van der Waals surface area contributed by atoms with Crippen LogP contribution in [0.4, 0.5) is 0 Å². The molecule has 1 heterocycles. The Labute approximate surface area is 80.0 Å². The number of aromatic hydroxyl groups is 1. The highest BCUT2D eigenvalue weighted by Gasteiger charge is 2.29. The highest BCUT2D eigenvalue weighted by Crippen LogP contribution is 2.37. The van der Waals surface area contributed by atoms with Crippen molar-refractivity contribution in [1.29, 1.82) is 0 Å². The molecule has 1 aliphatic rings. The number of nitrogens with zero attached hydrogens (tertiary/aromatic N) is 1. The van der Waals surface area contributed by atoms with Crippen LogP contribution in [0, 0.1) is 5.92 Å². The normalized spacial score (nSPS) is 25.8. The fourth-order valence-electron chi connectivity index (χ4n) is 1.92. The van der Waals surface area contributed by atoms with Crippen molar-refractivity contribution < 1.29 is 5.11 Å². The third kappa shape index (κ3) is 1.34. The van der Waals surface area contributed by atoms with Gasteiger partial charge in [0.05, 0.1) is 6.07 Å². The minimum atomic E-state index is -0.559. The molecule has 0 radical (unpaired) electrons. The van der Waals surface area contributed by atoms with Crippen LogP contribution in [0.3, 0.4) is 0 Å². The van der Waals surface area contributed by atoms with Crippen molar-refractivity contribution in [1.82, 2.24) is 9.55 Å². The summed E-state index contributed by atoms with van der Waals surface area (Å²) < 4.78 is 1.25. The molecule has 0 aliphatic heterocycles. The lowest BCUT2D eigenvalue weighted by Crippen LogP contribution is -2.36. The van der Waals surface area contributed by atoms with Gasteiger partial charge in [-0.2, -0.15) is 0 Å². The van der Waals surface area contributed by atoms with E-state index in [1.807, 2.05) is 0 Å². The van der Waals surface area contributed by atoms with Gasteiger partial charge < -0.3 is 5.11 Å². The largest absolute Gasteiger partial charge is 0.494 e. The van der Waals surface area contributed by atoms with E-state index in [0.29, 0.717) is 5.92 Å². The number of nitrogens with one attached hydrogen (secondary N) is 1. The van der Waals surface area contributed by atoms with Gasteiger partial charge in [0.1, 0.15) is 0 Å². The van der Waals surface area contributed by atoms with Crippen LogP contribution >= 0.6 is 0 Å². The molecular weight excluding hydrogens is 184 g/mol. The highest BCUT2D eigenvalue weighted by atomic mass is 16.3. The third-order valence-corrected chi connectivity index (χ3v) is 2.67. The monoisotopic (exact) mass is 196 g/mol. The van der Waals surface area contributed by atoms with E-state index in [0.717, 1.165) is 18.9 Å². The molecule has 0 unspecified atom stereocenters. The Hall–Kier alpha value is -1.52. The van der Waals surface area contributed by atoms with Gasteiger partial charge in [0.2, 0.25) is 5.88 Å². The first-order chi connectivity index (χ1) is 6.58. The first-order valence-electron chi connectivity index (χ1n) is 4.62. The average Bonchev–Trinajstić information content (AvgIpc) is 1.99.